The van der Waals surface area contributed by atoms with Gasteiger partial charge < -0.3 is 9.72 Å². The Hall–Kier alpha value is -1.79. The number of carbonyl (C=O) groups excluding carboxylic acids is 2. The van der Waals surface area contributed by atoms with E-state index in [1.165, 1.54) is 31.0 Å². The van der Waals surface area contributed by atoms with Crippen LogP contribution < -0.4 is 5.43 Å². The number of nitrogens with one attached hydrogen (secondary N) is 1. The number of pyridine rings is 1. The normalized spacial score (nSPS) is 11.1. The quantitative estimate of drug-likeness (QED) is 0.492. The van der Waals surface area contributed by atoms with E-state index in [4.69, 9.17) is 16.3 Å². The van der Waals surface area contributed by atoms with Crippen molar-refractivity contribution in [2.45, 2.75) is 25.3 Å². The molecule has 1 aromatic carbocycles. The molecule has 0 aliphatic carbocycles. The smallest absolute Gasteiger partial charge is 0.340 e. The van der Waals surface area contributed by atoms with Gasteiger partial charge in [0.2, 0.25) is 5.43 Å². The Bertz CT molecular complexity index is 873. The van der Waals surface area contributed by atoms with Gasteiger partial charge in [-0.15, -0.1) is 11.8 Å². The second kappa shape index (κ2) is 7.40. The summed E-state index contributed by atoms with van der Waals surface area (Å²) < 4.78 is 4.75. The number of ether oxygens (including phenoxy) is 1. The van der Waals surface area contributed by atoms with Crippen LogP contribution in [0.25, 0.3) is 10.9 Å². The number of methoxy groups -OCH3 is 1. The van der Waals surface area contributed by atoms with Crippen molar-refractivity contribution in [3.8, 4) is 0 Å². The van der Waals surface area contributed by atoms with Gasteiger partial charge in [0.05, 0.1) is 39.2 Å². The summed E-state index contributed by atoms with van der Waals surface area (Å²) in [6, 6.07) is 2.95. The topological polar surface area (TPSA) is 76.2 Å². The van der Waals surface area contributed by atoms with Gasteiger partial charge in [-0.25, -0.2) is 4.79 Å². The molecule has 0 fully saturated rings. The van der Waals surface area contributed by atoms with Gasteiger partial charge in [-0.2, -0.15) is 0 Å². The predicted octanol–water partition coefficient (Wildman–Crippen LogP) is 3.92. The van der Waals surface area contributed by atoms with Crippen molar-refractivity contribution in [3.05, 3.63) is 38.5 Å². The minimum Gasteiger partial charge on any atom is -0.465 e. The number of benzene rings is 1. The Morgan fingerprint density at radius 3 is 2.54 bits per heavy atom. The zero-order valence-corrected chi connectivity index (χ0v) is 15.4. The second-order valence-electron chi connectivity index (χ2n) is 5.72. The third kappa shape index (κ3) is 3.35. The van der Waals surface area contributed by atoms with Crippen LogP contribution in [0.4, 0.5) is 0 Å². The number of halogens is 1. The number of aromatic amines is 1. The van der Waals surface area contributed by atoms with Crippen LogP contribution in [0.1, 0.15) is 41.0 Å². The number of fused-ring (bicyclic) bond motifs is 1. The first-order valence-electron chi connectivity index (χ1n) is 7.35. The van der Waals surface area contributed by atoms with Gasteiger partial charge >= 0.3 is 5.97 Å². The Morgan fingerprint density at radius 1 is 1.33 bits per heavy atom. The highest BCUT2D eigenvalue weighted by Gasteiger charge is 2.23. The number of hydrogen-bond donors (Lipinski definition) is 1. The lowest BCUT2D eigenvalue weighted by Gasteiger charge is -2.12. The molecule has 0 radical (unpaired) electrons. The van der Waals surface area contributed by atoms with Crippen molar-refractivity contribution in [2.24, 2.45) is 5.92 Å². The Morgan fingerprint density at radius 2 is 2.00 bits per heavy atom. The molecule has 0 saturated carbocycles. The molecule has 2 rings (SSSR count). The number of aromatic nitrogens is 1. The summed E-state index contributed by atoms with van der Waals surface area (Å²) in [5, 5.41) is 0.736. The van der Waals surface area contributed by atoms with Crippen molar-refractivity contribution in [3.63, 3.8) is 0 Å². The van der Waals surface area contributed by atoms with Crippen LogP contribution in [0.2, 0.25) is 5.02 Å². The van der Waals surface area contributed by atoms with Crippen molar-refractivity contribution in [1.82, 2.24) is 4.98 Å². The lowest BCUT2D eigenvalue weighted by Crippen LogP contribution is -2.20. The number of hydrogen-bond acceptors (Lipinski definition) is 5. The van der Waals surface area contributed by atoms with E-state index in [0.717, 1.165) is 0 Å². The zero-order valence-electron chi connectivity index (χ0n) is 13.9. The van der Waals surface area contributed by atoms with Crippen LogP contribution in [0.5, 0.6) is 0 Å². The molecule has 0 saturated heterocycles. The number of carbonyl (C=O) groups is 2. The average molecular weight is 368 g/mol. The van der Waals surface area contributed by atoms with Crippen LogP contribution >= 0.6 is 23.4 Å². The molecule has 0 bridgehead atoms. The molecule has 0 unspecified atom stereocenters. The molecule has 128 valence electrons. The number of esters is 1. The van der Waals surface area contributed by atoms with Crippen LogP contribution in [-0.2, 0) is 4.74 Å². The van der Waals surface area contributed by atoms with Gasteiger partial charge in [0, 0.05) is 6.42 Å². The van der Waals surface area contributed by atoms with Gasteiger partial charge in [-0.05, 0) is 24.3 Å². The minimum absolute atomic E-state index is 0.0904. The number of thioether (sulfide) groups is 1. The van der Waals surface area contributed by atoms with E-state index >= 15 is 0 Å². The first-order chi connectivity index (χ1) is 11.3. The maximum absolute atomic E-state index is 12.9. The van der Waals surface area contributed by atoms with Crippen molar-refractivity contribution in [2.75, 3.05) is 13.4 Å². The third-order valence-electron chi connectivity index (χ3n) is 3.56. The molecule has 5 nitrogen and oxygen atoms in total. The number of Topliss-reactive ketones (excluding diaryl/α,β-unsaturated/α-hetero) is 1. The molecule has 1 aromatic heterocycles. The Balaban J connectivity index is 2.87. The van der Waals surface area contributed by atoms with Gasteiger partial charge in [0.1, 0.15) is 0 Å². The van der Waals surface area contributed by atoms with E-state index in [1.54, 1.807) is 6.26 Å². The molecule has 7 heteroatoms. The standard InChI is InChI=1S/C17H18ClNO4S/c1-8(2)7-11(20)13-15(21)12-10(18)6-5-9(17(22)23-3)14(12)19-16(13)24-4/h5-6,8H,7H2,1-4H3,(H,19,21). The van der Waals surface area contributed by atoms with E-state index < -0.39 is 11.4 Å². The zero-order chi connectivity index (χ0) is 18.0. The molecule has 1 N–H and O–H groups in total. The predicted molar refractivity (Wildman–Crippen MR) is 96.5 cm³/mol. The van der Waals surface area contributed by atoms with Gasteiger partial charge in [-0.1, -0.05) is 25.4 Å². The number of rotatable bonds is 5. The first-order valence-corrected chi connectivity index (χ1v) is 8.96. The van der Waals surface area contributed by atoms with Crippen LogP contribution in [0.3, 0.4) is 0 Å². The molecule has 24 heavy (non-hydrogen) atoms. The van der Waals surface area contributed by atoms with Crippen LogP contribution in [0, 0.1) is 5.92 Å². The second-order valence-corrected chi connectivity index (χ2v) is 6.94. The Labute approximate surface area is 148 Å². The average Bonchev–Trinajstić information content (AvgIpc) is 2.52. The van der Waals surface area contributed by atoms with Crippen molar-refractivity contribution < 1.29 is 14.3 Å². The molecular weight excluding hydrogens is 350 g/mol. The largest absolute Gasteiger partial charge is 0.465 e. The fraction of sp³-hybridized carbons (Fsp3) is 0.353. The SMILES string of the molecule is COC(=O)c1ccc(Cl)c2c(=O)c(C(=O)CC(C)C)c(SC)[nH]c12. The van der Waals surface area contributed by atoms with E-state index in [0.29, 0.717) is 5.03 Å². The summed E-state index contributed by atoms with van der Waals surface area (Å²) in [7, 11) is 1.26. The van der Waals surface area contributed by atoms with E-state index in [9.17, 15) is 14.4 Å². The maximum atomic E-state index is 12.9. The maximum Gasteiger partial charge on any atom is 0.340 e. The van der Waals surface area contributed by atoms with E-state index in [2.05, 4.69) is 4.98 Å². The summed E-state index contributed by atoms with van der Waals surface area (Å²) in [6.45, 7) is 3.82. The highest BCUT2D eigenvalue weighted by atomic mass is 35.5. The monoisotopic (exact) mass is 367 g/mol. The summed E-state index contributed by atoms with van der Waals surface area (Å²) in [5.41, 5.74) is 0.110. The highest BCUT2D eigenvalue weighted by Crippen LogP contribution is 2.28. The third-order valence-corrected chi connectivity index (χ3v) is 4.59. The highest BCUT2D eigenvalue weighted by molar-refractivity contribution is 7.98. The molecular formula is C17H18ClNO4S. The van der Waals surface area contributed by atoms with Gasteiger partial charge in [-0.3, -0.25) is 9.59 Å². The fourth-order valence-electron chi connectivity index (χ4n) is 2.49. The molecule has 1 heterocycles. The lowest BCUT2D eigenvalue weighted by atomic mass is 10.00. The minimum atomic E-state index is -0.583. The van der Waals surface area contributed by atoms with Crippen LogP contribution in [-0.4, -0.2) is 30.1 Å². The Kier molecular flexibility index (Phi) is 5.72. The van der Waals surface area contributed by atoms with Gasteiger partial charge in [0.15, 0.2) is 5.78 Å². The van der Waals surface area contributed by atoms with Crippen molar-refractivity contribution >= 4 is 46.0 Å². The first kappa shape index (κ1) is 18.5. The molecule has 0 spiro atoms. The summed E-state index contributed by atoms with van der Waals surface area (Å²) in [6.07, 6.45) is 2.02. The summed E-state index contributed by atoms with van der Waals surface area (Å²) in [4.78, 5) is 40.4. The molecule has 0 amide bonds. The molecule has 0 aliphatic rings. The summed E-state index contributed by atoms with van der Waals surface area (Å²) >= 11 is 7.41. The van der Waals surface area contributed by atoms with Gasteiger partial charge in [0.25, 0.3) is 0 Å². The lowest BCUT2D eigenvalue weighted by molar-refractivity contribution is 0.0602. The molecule has 0 aliphatic heterocycles. The molecule has 2 aromatic rings. The molecule has 0 atom stereocenters. The van der Waals surface area contributed by atoms with E-state index in [1.807, 2.05) is 13.8 Å². The van der Waals surface area contributed by atoms with Crippen molar-refractivity contribution in [1.29, 1.82) is 0 Å². The fourth-order valence-corrected chi connectivity index (χ4v) is 3.35. The summed E-state index contributed by atoms with van der Waals surface area (Å²) in [5.74, 6) is -0.697. The van der Waals surface area contributed by atoms with E-state index in [-0.39, 0.29) is 45.2 Å². The number of H-pyrrole nitrogens is 1. The number of ketones is 1. The van der Waals surface area contributed by atoms with Crippen LogP contribution in [0.15, 0.2) is 22.0 Å².